The maximum atomic E-state index is 14.0. The number of imidazole rings is 1. The van der Waals surface area contributed by atoms with Gasteiger partial charge in [0.2, 0.25) is 0 Å². The number of alkyl halides is 1. The van der Waals surface area contributed by atoms with Gasteiger partial charge in [-0.15, -0.1) is 0 Å². The lowest BCUT2D eigenvalue weighted by atomic mass is 10.0. The highest BCUT2D eigenvalue weighted by Gasteiger charge is 2.17. The maximum absolute atomic E-state index is 14.0. The van der Waals surface area contributed by atoms with Gasteiger partial charge in [-0.05, 0) is 23.8 Å². The number of hydrogen-bond donors (Lipinski definition) is 2. The molecule has 2 N–H and O–H groups in total. The van der Waals surface area contributed by atoms with Crippen LogP contribution in [0, 0.1) is 5.82 Å². The zero-order valence-electron chi connectivity index (χ0n) is 10.1. The van der Waals surface area contributed by atoms with Crippen LogP contribution in [0.2, 0.25) is 5.02 Å². The van der Waals surface area contributed by atoms with E-state index in [1.165, 1.54) is 6.07 Å². The van der Waals surface area contributed by atoms with Crippen LogP contribution in [0.1, 0.15) is 16.0 Å². The van der Waals surface area contributed by atoms with E-state index in [0.717, 1.165) is 5.56 Å². The second-order valence-corrected chi connectivity index (χ2v) is 5.71. The highest BCUT2D eigenvalue weighted by atomic mass is 79.9. The van der Waals surface area contributed by atoms with Crippen molar-refractivity contribution in [3.05, 3.63) is 68.8 Å². The van der Waals surface area contributed by atoms with E-state index in [2.05, 4.69) is 25.9 Å². The van der Waals surface area contributed by atoms with Crippen LogP contribution in [0.5, 0.6) is 0 Å². The molecule has 0 spiro atoms. The van der Waals surface area contributed by atoms with Crippen molar-refractivity contribution in [3.8, 4) is 0 Å². The molecule has 6 heteroatoms. The third-order valence-electron chi connectivity index (χ3n) is 3.09. The number of hydrogen-bond acceptors (Lipinski definition) is 1. The minimum absolute atomic E-state index is 0.0862. The molecule has 0 aliphatic heterocycles. The summed E-state index contributed by atoms with van der Waals surface area (Å²) < 4.78 is 14.0. The lowest BCUT2D eigenvalue weighted by Crippen LogP contribution is -1.99. The summed E-state index contributed by atoms with van der Waals surface area (Å²) in [6.45, 7) is 0. The van der Waals surface area contributed by atoms with Crippen molar-refractivity contribution in [1.29, 1.82) is 0 Å². The van der Waals surface area contributed by atoms with Gasteiger partial charge in [0.1, 0.15) is 5.82 Å². The molecular formula is C14H9BrClFN2O. The predicted octanol–water partition coefficient (Wildman–Crippen LogP) is 4.13. The molecule has 0 saturated heterocycles. The molecule has 0 aliphatic carbocycles. The van der Waals surface area contributed by atoms with Gasteiger partial charge < -0.3 is 9.97 Å². The Morgan fingerprint density at radius 2 is 1.90 bits per heavy atom. The van der Waals surface area contributed by atoms with Gasteiger partial charge in [-0.25, -0.2) is 9.18 Å². The van der Waals surface area contributed by atoms with Crippen molar-refractivity contribution in [2.24, 2.45) is 0 Å². The molecule has 1 atom stereocenters. The van der Waals surface area contributed by atoms with Gasteiger partial charge >= 0.3 is 5.69 Å². The summed E-state index contributed by atoms with van der Waals surface area (Å²) in [4.78, 5) is 16.2. The molecule has 1 unspecified atom stereocenters. The van der Waals surface area contributed by atoms with Crippen LogP contribution in [0.15, 0.2) is 41.2 Å². The molecule has 20 heavy (non-hydrogen) atoms. The van der Waals surface area contributed by atoms with Crippen molar-refractivity contribution in [2.75, 3.05) is 0 Å². The van der Waals surface area contributed by atoms with Gasteiger partial charge in [-0.2, -0.15) is 0 Å². The minimum Gasteiger partial charge on any atom is -0.306 e. The Hall–Kier alpha value is -1.59. The monoisotopic (exact) mass is 354 g/mol. The fourth-order valence-corrected chi connectivity index (χ4v) is 2.92. The Kier molecular flexibility index (Phi) is 3.40. The molecule has 0 amide bonds. The molecule has 3 aromatic rings. The average molecular weight is 356 g/mol. The second-order valence-electron chi connectivity index (χ2n) is 4.39. The Balaban J connectivity index is 2.09. The van der Waals surface area contributed by atoms with E-state index in [1.807, 2.05) is 6.07 Å². The van der Waals surface area contributed by atoms with Crippen LogP contribution in [-0.4, -0.2) is 9.97 Å². The van der Waals surface area contributed by atoms with Crippen LogP contribution >= 0.6 is 27.5 Å². The van der Waals surface area contributed by atoms with Crippen molar-refractivity contribution in [3.63, 3.8) is 0 Å². The number of halogens is 3. The lowest BCUT2D eigenvalue weighted by molar-refractivity contribution is 0.614. The Morgan fingerprint density at radius 1 is 1.15 bits per heavy atom. The molecule has 1 aromatic heterocycles. The Bertz CT molecular complexity index is 843. The van der Waals surface area contributed by atoms with E-state index in [0.29, 0.717) is 16.6 Å². The van der Waals surface area contributed by atoms with Crippen molar-refractivity contribution >= 4 is 38.6 Å². The number of rotatable bonds is 2. The highest BCUT2D eigenvalue weighted by molar-refractivity contribution is 9.09. The maximum Gasteiger partial charge on any atom is 0.323 e. The fraction of sp³-hybridized carbons (Fsp3) is 0.0714. The molecule has 3 nitrogen and oxygen atoms in total. The molecule has 102 valence electrons. The van der Waals surface area contributed by atoms with E-state index in [4.69, 9.17) is 11.6 Å². The third-order valence-corrected chi connectivity index (χ3v) is 4.40. The highest BCUT2D eigenvalue weighted by Crippen LogP contribution is 2.35. The zero-order valence-corrected chi connectivity index (χ0v) is 12.4. The van der Waals surface area contributed by atoms with Crippen LogP contribution in [0.3, 0.4) is 0 Å². The molecule has 0 radical (unpaired) electrons. The summed E-state index contributed by atoms with van der Waals surface area (Å²) in [5.41, 5.74) is 2.41. The summed E-state index contributed by atoms with van der Waals surface area (Å²) in [5.74, 6) is -0.446. The standard InChI is InChI=1S/C14H9BrClFN2O/c15-12(8-2-1-3-9(16)13(8)17)7-4-5-10-11(6-7)19-14(20)18-10/h1-6,12H,(H2,18,19,20). The molecule has 0 aliphatic rings. The molecule has 0 bridgehead atoms. The second kappa shape index (κ2) is 5.07. The van der Waals surface area contributed by atoms with E-state index in [1.54, 1.807) is 24.3 Å². The molecule has 0 saturated carbocycles. The number of benzene rings is 2. The molecular weight excluding hydrogens is 347 g/mol. The smallest absolute Gasteiger partial charge is 0.306 e. The van der Waals surface area contributed by atoms with Gasteiger partial charge in [-0.1, -0.05) is 45.7 Å². The van der Waals surface area contributed by atoms with E-state index in [9.17, 15) is 9.18 Å². The average Bonchev–Trinajstić information content (AvgIpc) is 2.80. The minimum atomic E-state index is -0.446. The normalized spacial score (nSPS) is 12.8. The quantitative estimate of drug-likeness (QED) is 0.667. The lowest BCUT2D eigenvalue weighted by Gasteiger charge is -2.12. The van der Waals surface area contributed by atoms with Gasteiger partial charge in [0.05, 0.1) is 20.9 Å². The number of H-pyrrole nitrogens is 2. The van der Waals surface area contributed by atoms with Gasteiger partial charge in [-0.3, -0.25) is 0 Å². The van der Waals surface area contributed by atoms with Crippen LogP contribution in [0.25, 0.3) is 11.0 Å². The number of aromatic nitrogens is 2. The Labute approximate surface area is 126 Å². The molecule has 1 heterocycles. The largest absolute Gasteiger partial charge is 0.323 e. The first-order chi connectivity index (χ1) is 9.56. The third kappa shape index (κ3) is 2.27. The van der Waals surface area contributed by atoms with Crippen molar-refractivity contribution < 1.29 is 4.39 Å². The Morgan fingerprint density at radius 3 is 2.70 bits per heavy atom. The number of fused-ring (bicyclic) bond motifs is 1. The number of nitrogens with one attached hydrogen (secondary N) is 2. The molecule has 0 fully saturated rings. The summed E-state index contributed by atoms with van der Waals surface area (Å²) in [5, 5.41) is 0.0862. The van der Waals surface area contributed by atoms with Gasteiger partial charge in [0.25, 0.3) is 0 Å². The summed E-state index contributed by atoms with van der Waals surface area (Å²) >= 11 is 9.27. The van der Waals surface area contributed by atoms with Gasteiger partial charge in [0.15, 0.2) is 0 Å². The topological polar surface area (TPSA) is 48.6 Å². The van der Waals surface area contributed by atoms with Crippen molar-refractivity contribution in [2.45, 2.75) is 4.83 Å². The zero-order chi connectivity index (χ0) is 14.3. The summed E-state index contributed by atoms with van der Waals surface area (Å²) in [7, 11) is 0. The summed E-state index contributed by atoms with van der Waals surface area (Å²) in [6, 6.07) is 10.3. The van der Waals surface area contributed by atoms with Crippen LogP contribution in [-0.2, 0) is 0 Å². The summed E-state index contributed by atoms with van der Waals surface area (Å²) in [6.07, 6.45) is 0. The van der Waals surface area contributed by atoms with E-state index in [-0.39, 0.29) is 15.5 Å². The SMILES string of the molecule is O=c1[nH]c2ccc(C(Br)c3cccc(Cl)c3F)cc2[nH]1. The first kappa shape index (κ1) is 13.4. The van der Waals surface area contributed by atoms with E-state index >= 15 is 0 Å². The van der Waals surface area contributed by atoms with Crippen LogP contribution < -0.4 is 5.69 Å². The van der Waals surface area contributed by atoms with Gasteiger partial charge in [0, 0.05) is 5.56 Å². The van der Waals surface area contributed by atoms with E-state index < -0.39 is 5.82 Å². The van der Waals surface area contributed by atoms with Crippen LogP contribution in [0.4, 0.5) is 4.39 Å². The molecule has 3 rings (SSSR count). The fourth-order valence-electron chi connectivity index (χ4n) is 2.10. The molecule has 2 aromatic carbocycles. The first-order valence-corrected chi connectivity index (χ1v) is 7.15. The first-order valence-electron chi connectivity index (χ1n) is 5.86. The van der Waals surface area contributed by atoms with Crippen molar-refractivity contribution in [1.82, 2.24) is 9.97 Å². The predicted molar refractivity (Wildman–Crippen MR) is 81.1 cm³/mol. The number of aromatic amines is 2.